The van der Waals surface area contributed by atoms with Crippen molar-refractivity contribution in [2.24, 2.45) is 0 Å². The molecule has 0 atom stereocenters. The van der Waals surface area contributed by atoms with E-state index in [4.69, 9.17) is 21.1 Å². The van der Waals surface area contributed by atoms with Crippen LogP contribution in [0.5, 0.6) is 11.5 Å². The fourth-order valence-electron chi connectivity index (χ4n) is 2.34. The van der Waals surface area contributed by atoms with Gasteiger partial charge in [-0.05, 0) is 48.4 Å². The lowest BCUT2D eigenvalue weighted by atomic mass is 10.1. The van der Waals surface area contributed by atoms with Gasteiger partial charge in [0.1, 0.15) is 5.82 Å². The van der Waals surface area contributed by atoms with Crippen molar-refractivity contribution in [3.8, 4) is 11.5 Å². The Kier molecular flexibility index (Phi) is 5.92. The van der Waals surface area contributed by atoms with Crippen molar-refractivity contribution in [1.29, 1.82) is 0 Å². The molecule has 2 rings (SSSR count). The second-order valence-electron chi connectivity index (χ2n) is 5.47. The van der Waals surface area contributed by atoms with Gasteiger partial charge in [-0.15, -0.1) is 0 Å². The first-order valence-electron chi connectivity index (χ1n) is 7.33. The van der Waals surface area contributed by atoms with E-state index in [1.165, 1.54) is 31.6 Å². The van der Waals surface area contributed by atoms with Crippen LogP contribution in [0.2, 0.25) is 5.02 Å². The smallest absolute Gasteiger partial charge is 0.243 e. The lowest BCUT2D eigenvalue weighted by Crippen LogP contribution is -2.27. The van der Waals surface area contributed by atoms with E-state index in [1.807, 2.05) is 6.92 Å². The van der Waals surface area contributed by atoms with Crippen LogP contribution < -0.4 is 9.47 Å². The summed E-state index contributed by atoms with van der Waals surface area (Å²) >= 11 is 5.69. The van der Waals surface area contributed by atoms with Crippen LogP contribution in [0.3, 0.4) is 0 Å². The zero-order valence-electron chi connectivity index (χ0n) is 14.3. The lowest BCUT2D eigenvalue weighted by molar-refractivity contribution is 0.353. The normalized spacial score (nSPS) is 11.6. The van der Waals surface area contributed by atoms with Crippen molar-refractivity contribution < 1.29 is 22.3 Å². The maximum atomic E-state index is 13.3. The minimum Gasteiger partial charge on any atom is -0.493 e. The molecule has 0 N–H and O–H groups in total. The van der Waals surface area contributed by atoms with Gasteiger partial charge in [0.2, 0.25) is 10.0 Å². The number of hydrogen-bond donors (Lipinski definition) is 0. The molecule has 0 saturated heterocycles. The highest BCUT2D eigenvalue weighted by atomic mass is 35.5. The Morgan fingerprint density at radius 1 is 1.12 bits per heavy atom. The van der Waals surface area contributed by atoms with E-state index < -0.39 is 15.8 Å². The molecule has 0 aromatic heterocycles. The molecule has 5 nitrogen and oxygen atoms in total. The summed E-state index contributed by atoms with van der Waals surface area (Å²) in [6, 6.07) is 6.84. The Balaban J connectivity index is 2.35. The largest absolute Gasteiger partial charge is 0.493 e. The zero-order chi connectivity index (χ0) is 18.8. The van der Waals surface area contributed by atoms with Crippen molar-refractivity contribution in [2.45, 2.75) is 18.4 Å². The van der Waals surface area contributed by atoms with Crippen molar-refractivity contribution >= 4 is 21.6 Å². The SMILES string of the molecule is COc1cc(C)c(CN(C)S(=O)(=O)c2ccc(F)c(Cl)c2)cc1OC. The van der Waals surface area contributed by atoms with Crippen molar-refractivity contribution in [1.82, 2.24) is 4.31 Å². The molecule has 25 heavy (non-hydrogen) atoms. The van der Waals surface area contributed by atoms with Gasteiger partial charge in [-0.1, -0.05) is 11.6 Å². The molecule has 0 fully saturated rings. The molecule has 0 spiro atoms. The molecule has 0 heterocycles. The van der Waals surface area contributed by atoms with Crippen LogP contribution in [-0.2, 0) is 16.6 Å². The fraction of sp³-hybridized carbons (Fsp3) is 0.294. The first kappa shape index (κ1) is 19.5. The highest BCUT2D eigenvalue weighted by molar-refractivity contribution is 7.89. The van der Waals surface area contributed by atoms with Gasteiger partial charge in [0.25, 0.3) is 0 Å². The van der Waals surface area contributed by atoms with E-state index in [9.17, 15) is 12.8 Å². The quantitative estimate of drug-likeness (QED) is 0.759. The third-order valence-corrected chi connectivity index (χ3v) is 5.92. The van der Waals surface area contributed by atoms with Gasteiger partial charge in [0, 0.05) is 13.6 Å². The summed E-state index contributed by atoms with van der Waals surface area (Å²) in [5.41, 5.74) is 1.62. The van der Waals surface area contributed by atoms with Crippen molar-refractivity contribution in [3.63, 3.8) is 0 Å². The van der Waals surface area contributed by atoms with Crippen LogP contribution in [0.1, 0.15) is 11.1 Å². The van der Waals surface area contributed by atoms with Crippen LogP contribution in [0.15, 0.2) is 35.2 Å². The molecule has 2 aromatic rings. The van der Waals surface area contributed by atoms with Gasteiger partial charge >= 0.3 is 0 Å². The minimum absolute atomic E-state index is 0.0699. The summed E-state index contributed by atoms with van der Waals surface area (Å²) in [7, 11) is 0.674. The number of sulfonamides is 1. The monoisotopic (exact) mass is 387 g/mol. The van der Waals surface area contributed by atoms with Crippen LogP contribution in [0.25, 0.3) is 0 Å². The Labute approximate surface area is 152 Å². The van der Waals surface area contributed by atoms with E-state index in [1.54, 1.807) is 12.1 Å². The van der Waals surface area contributed by atoms with E-state index in [-0.39, 0.29) is 16.5 Å². The first-order chi connectivity index (χ1) is 11.7. The van der Waals surface area contributed by atoms with Crippen LogP contribution in [-0.4, -0.2) is 34.0 Å². The second kappa shape index (κ2) is 7.59. The molecule has 0 amide bonds. The molecule has 0 saturated carbocycles. The Morgan fingerprint density at radius 2 is 1.72 bits per heavy atom. The third-order valence-electron chi connectivity index (χ3n) is 3.83. The van der Waals surface area contributed by atoms with Crippen molar-refractivity contribution in [2.75, 3.05) is 21.3 Å². The zero-order valence-corrected chi connectivity index (χ0v) is 15.9. The van der Waals surface area contributed by atoms with Gasteiger partial charge in [0.15, 0.2) is 11.5 Å². The maximum absolute atomic E-state index is 13.3. The average Bonchev–Trinajstić information content (AvgIpc) is 2.58. The summed E-state index contributed by atoms with van der Waals surface area (Å²) < 4.78 is 50.3. The predicted octanol–water partition coefficient (Wildman–Crippen LogP) is 3.63. The van der Waals surface area contributed by atoms with E-state index in [2.05, 4.69) is 0 Å². The molecule has 0 aliphatic rings. The molecule has 0 bridgehead atoms. The number of ether oxygens (including phenoxy) is 2. The molecule has 0 unspecified atom stereocenters. The van der Waals surface area contributed by atoms with Gasteiger partial charge in [0.05, 0.1) is 24.1 Å². The van der Waals surface area contributed by atoms with Crippen LogP contribution in [0, 0.1) is 12.7 Å². The number of rotatable bonds is 6. The maximum Gasteiger partial charge on any atom is 0.243 e. The number of halogens is 2. The number of nitrogens with zero attached hydrogens (tertiary/aromatic N) is 1. The van der Waals surface area contributed by atoms with Crippen LogP contribution in [0.4, 0.5) is 4.39 Å². The first-order valence-corrected chi connectivity index (χ1v) is 9.15. The standard InChI is InChI=1S/C17H19ClFNO4S/c1-11-7-16(23-3)17(24-4)8-12(11)10-20(2)25(21,22)13-5-6-15(19)14(18)9-13/h5-9H,10H2,1-4H3. The van der Waals surface area contributed by atoms with Gasteiger partial charge in [-0.2, -0.15) is 4.31 Å². The Morgan fingerprint density at radius 3 is 2.28 bits per heavy atom. The summed E-state index contributed by atoms with van der Waals surface area (Å²) in [5.74, 6) is 0.414. The topological polar surface area (TPSA) is 55.8 Å². The third kappa shape index (κ3) is 4.05. The molecular formula is C17H19ClFNO4S. The highest BCUT2D eigenvalue weighted by Gasteiger charge is 2.23. The Hall–Kier alpha value is -1.83. The number of aryl methyl sites for hydroxylation is 1. The molecule has 8 heteroatoms. The summed E-state index contributed by atoms with van der Waals surface area (Å²) in [6.45, 7) is 1.97. The summed E-state index contributed by atoms with van der Waals surface area (Å²) in [5, 5.41) is -0.239. The van der Waals surface area contributed by atoms with Crippen molar-refractivity contribution in [3.05, 3.63) is 52.3 Å². The number of methoxy groups -OCH3 is 2. The number of benzene rings is 2. The van der Waals surface area contributed by atoms with E-state index in [0.717, 1.165) is 23.3 Å². The number of hydrogen-bond acceptors (Lipinski definition) is 4. The minimum atomic E-state index is -3.82. The molecule has 136 valence electrons. The summed E-state index contributed by atoms with van der Waals surface area (Å²) in [6.07, 6.45) is 0. The van der Waals surface area contributed by atoms with Gasteiger partial charge < -0.3 is 9.47 Å². The van der Waals surface area contributed by atoms with Gasteiger partial charge in [-0.3, -0.25) is 0 Å². The van der Waals surface area contributed by atoms with Gasteiger partial charge in [-0.25, -0.2) is 12.8 Å². The molecular weight excluding hydrogens is 369 g/mol. The highest BCUT2D eigenvalue weighted by Crippen LogP contribution is 2.31. The van der Waals surface area contributed by atoms with Crippen LogP contribution >= 0.6 is 11.6 Å². The predicted molar refractivity (Wildman–Crippen MR) is 94.3 cm³/mol. The Bertz CT molecular complexity index is 886. The molecule has 2 aromatic carbocycles. The lowest BCUT2D eigenvalue weighted by Gasteiger charge is -2.20. The molecule has 0 radical (unpaired) electrons. The fourth-order valence-corrected chi connectivity index (χ4v) is 3.76. The van der Waals surface area contributed by atoms with E-state index >= 15 is 0 Å². The molecule has 0 aliphatic heterocycles. The second-order valence-corrected chi connectivity index (χ2v) is 7.92. The molecule has 0 aliphatic carbocycles. The summed E-state index contributed by atoms with van der Waals surface area (Å²) in [4.78, 5) is -0.0699. The van der Waals surface area contributed by atoms with E-state index in [0.29, 0.717) is 11.5 Å². The average molecular weight is 388 g/mol.